The summed E-state index contributed by atoms with van der Waals surface area (Å²) >= 11 is 0. The van der Waals surface area contributed by atoms with Gasteiger partial charge >= 0.3 is 0 Å². The highest BCUT2D eigenvalue weighted by atomic mass is 15.4. The van der Waals surface area contributed by atoms with Crippen molar-refractivity contribution in [2.45, 2.75) is 232 Å². The molecular formula is C39H79N9. The van der Waals surface area contributed by atoms with E-state index in [0.717, 1.165) is 70.8 Å². The molecule has 1 atom stereocenters. The van der Waals surface area contributed by atoms with Crippen molar-refractivity contribution in [2.75, 3.05) is 6.54 Å². The predicted molar refractivity (Wildman–Crippen MR) is 207 cm³/mol. The van der Waals surface area contributed by atoms with Crippen molar-refractivity contribution < 1.29 is 0 Å². The first-order valence-electron chi connectivity index (χ1n) is 19.5. The third-order valence-corrected chi connectivity index (χ3v) is 10.7. The molecule has 0 spiro atoms. The maximum absolute atomic E-state index is 9.55. The number of nitrogens with one attached hydrogen (secondary N) is 5. The maximum Gasteiger partial charge on any atom is 0.221 e. The number of unbranched alkanes of at least 4 members (excludes halogenated alkanes) is 3. The number of nitrogens with two attached hydrogens (primary N) is 1. The fourth-order valence-electron chi connectivity index (χ4n) is 10.2. The summed E-state index contributed by atoms with van der Waals surface area (Å²) in [5.41, 5.74) is 7.20. The minimum Gasteiger partial charge on any atom is -0.369 e. The minimum absolute atomic E-state index is 0.0184. The molecule has 0 bridgehead atoms. The van der Waals surface area contributed by atoms with Crippen molar-refractivity contribution in [3.8, 4) is 0 Å². The van der Waals surface area contributed by atoms with E-state index in [1.807, 2.05) is 0 Å². The Labute approximate surface area is 296 Å². The lowest BCUT2D eigenvalue weighted by molar-refractivity contribution is 0.0557. The van der Waals surface area contributed by atoms with E-state index < -0.39 is 0 Å². The second kappa shape index (κ2) is 15.4. The molecule has 280 valence electrons. The molecule has 3 aliphatic heterocycles. The number of hydrogen-bond donors (Lipinski definition) is 6. The van der Waals surface area contributed by atoms with Crippen LogP contribution in [0.3, 0.4) is 0 Å². The molecular weight excluding hydrogens is 594 g/mol. The molecule has 3 rings (SSSR count). The zero-order valence-corrected chi connectivity index (χ0v) is 33.9. The summed E-state index contributed by atoms with van der Waals surface area (Å²) in [5, 5.41) is 25.3. The van der Waals surface area contributed by atoms with Crippen LogP contribution in [0.25, 0.3) is 0 Å². The Bertz CT molecular complexity index is 1040. The van der Waals surface area contributed by atoms with Crippen molar-refractivity contribution in [1.29, 1.82) is 5.41 Å². The number of aliphatic imine (C=N–C) groups is 1. The van der Waals surface area contributed by atoms with Crippen molar-refractivity contribution in [3.05, 3.63) is 0 Å². The summed E-state index contributed by atoms with van der Waals surface area (Å²) in [6.45, 7) is 33.1. The molecule has 0 aromatic heterocycles. The molecule has 48 heavy (non-hydrogen) atoms. The number of guanidine groups is 2. The smallest absolute Gasteiger partial charge is 0.221 e. The van der Waals surface area contributed by atoms with Gasteiger partial charge in [-0.15, -0.1) is 0 Å². The monoisotopic (exact) mass is 674 g/mol. The molecule has 0 aromatic rings. The highest BCUT2D eigenvalue weighted by molar-refractivity contribution is 5.93. The van der Waals surface area contributed by atoms with Crippen LogP contribution in [0.5, 0.6) is 0 Å². The second-order valence-corrected chi connectivity index (χ2v) is 19.8. The molecule has 1 unspecified atom stereocenters. The normalized spacial score (nSPS) is 26.2. The number of nitrogens with zero attached hydrogens (tertiary/aromatic N) is 3. The topological polar surface area (TPSA) is 117 Å². The van der Waals surface area contributed by atoms with Gasteiger partial charge in [0.15, 0.2) is 0 Å². The molecule has 0 amide bonds. The van der Waals surface area contributed by atoms with E-state index in [-0.39, 0.29) is 51.5 Å². The van der Waals surface area contributed by atoms with Gasteiger partial charge in [-0.25, -0.2) is 0 Å². The fourth-order valence-corrected chi connectivity index (χ4v) is 10.2. The van der Waals surface area contributed by atoms with Gasteiger partial charge in [-0.05, 0) is 134 Å². The van der Waals surface area contributed by atoms with Gasteiger partial charge in [0.25, 0.3) is 0 Å². The molecule has 0 aromatic carbocycles. The number of hydrogen-bond acceptors (Lipinski definition) is 5. The van der Waals surface area contributed by atoms with Crippen molar-refractivity contribution in [2.24, 2.45) is 10.7 Å². The Kier molecular flexibility index (Phi) is 13.2. The largest absolute Gasteiger partial charge is 0.369 e. The molecule has 0 radical (unpaired) electrons. The summed E-state index contributed by atoms with van der Waals surface area (Å²) in [5.74, 6) is 0.808. The highest BCUT2D eigenvalue weighted by Crippen LogP contribution is 2.35. The van der Waals surface area contributed by atoms with Crippen LogP contribution in [0, 0.1) is 5.41 Å². The Morgan fingerprint density at radius 1 is 0.688 bits per heavy atom. The van der Waals surface area contributed by atoms with Crippen LogP contribution in [-0.2, 0) is 0 Å². The lowest BCUT2D eigenvalue weighted by atomic mass is 9.78. The second-order valence-electron chi connectivity index (χ2n) is 19.8. The Morgan fingerprint density at radius 2 is 1.10 bits per heavy atom. The Hall–Kier alpha value is -1.42. The molecule has 9 nitrogen and oxygen atoms in total. The van der Waals surface area contributed by atoms with Crippen LogP contribution in [0.15, 0.2) is 4.99 Å². The summed E-state index contributed by atoms with van der Waals surface area (Å²) < 4.78 is 0. The van der Waals surface area contributed by atoms with Crippen LogP contribution >= 0.6 is 0 Å². The third-order valence-electron chi connectivity index (χ3n) is 10.7. The molecule has 9 heteroatoms. The van der Waals surface area contributed by atoms with E-state index in [1.54, 1.807) is 0 Å². The molecule has 3 aliphatic rings. The van der Waals surface area contributed by atoms with E-state index in [0.29, 0.717) is 18.0 Å². The van der Waals surface area contributed by atoms with Crippen LogP contribution in [-0.4, -0.2) is 85.8 Å². The summed E-state index contributed by atoms with van der Waals surface area (Å²) in [7, 11) is 0. The zero-order valence-electron chi connectivity index (χ0n) is 33.9. The molecule has 0 aliphatic carbocycles. The van der Waals surface area contributed by atoms with Gasteiger partial charge in [0.2, 0.25) is 11.9 Å². The molecule has 3 saturated heterocycles. The lowest BCUT2D eigenvalue weighted by Gasteiger charge is -2.53. The summed E-state index contributed by atoms with van der Waals surface area (Å²) in [6.07, 6.45) is 12.6. The van der Waals surface area contributed by atoms with Crippen LogP contribution < -0.4 is 27.0 Å². The van der Waals surface area contributed by atoms with E-state index in [9.17, 15) is 5.41 Å². The van der Waals surface area contributed by atoms with Gasteiger partial charge in [-0.1, -0.05) is 39.5 Å². The van der Waals surface area contributed by atoms with Crippen LogP contribution in [0.1, 0.15) is 174 Å². The van der Waals surface area contributed by atoms with Gasteiger partial charge in [0.05, 0.1) is 6.17 Å². The molecule has 3 fully saturated rings. The van der Waals surface area contributed by atoms with Gasteiger partial charge in [-0.3, -0.25) is 10.7 Å². The highest BCUT2D eigenvalue weighted by Gasteiger charge is 2.45. The standard InChI is InChI=1S/C39H79N9/c1-15-17-19-20-31(42-28-22-34(3,4)44-35(5,6)23-28)48(30-26-38(11,12)46-39(13,14)27-30)33(41)43-32(40)47(21-18-16-2)29-24-36(7,8)45-37(9,10)25-29/h28-31,42,44-46H,15-27H2,1-14H3,(H3,40,41,43). The number of piperidine rings is 3. The summed E-state index contributed by atoms with van der Waals surface area (Å²) in [6, 6.07) is 0.769. The average molecular weight is 674 g/mol. The van der Waals surface area contributed by atoms with Crippen molar-refractivity contribution in [1.82, 2.24) is 31.1 Å². The van der Waals surface area contributed by atoms with Crippen molar-refractivity contribution in [3.63, 3.8) is 0 Å². The molecule has 0 saturated carbocycles. The minimum atomic E-state index is -0.0510. The zero-order chi connectivity index (χ0) is 36.3. The first-order valence-corrected chi connectivity index (χ1v) is 19.5. The Balaban J connectivity index is 2.07. The predicted octanol–water partition coefficient (Wildman–Crippen LogP) is 7.06. The molecule has 3 heterocycles. The van der Waals surface area contributed by atoms with Crippen LogP contribution in [0.2, 0.25) is 0 Å². The van der Waals surface area contributed by atoms with Gasteiger partial charge in [0.1, 0.15) is 0 Å². The first kappa shape index (κ1) is 41.0. The van der Waals surface area contributed by atoms with Gasteiger partial charge in [0, 0.05) is 57.9 Å². The van der Waals surface area contributed by atoms with E-state index in [4.69, 9.17) is 10.7 Å². The fraction of sp³-hybridized carbons (Fsp3) is 0.949. The van der Waals surface area contributed by atoms with E-state index >= 15 is 0 Å². The van der Waals surface area contributed by atoms with Gasteiger partial charge in [-0.2, -0.15) is 4.99 Å². The quantitative estimate of drug-likeness (QED) is 0.0569. The molecule has 7 N–H and O–H groups in total. The first-order chi connectivity index (χ1) is 21.9. The van der Waals surface area contributed by atoms with Crippen molar-refractivity contribution >= 4 is 11.9 Å². The van der Waals surface area contributed by atoms with Crippen LogP contribution in [0.4, 0.5) is 0 Å². The Morgan fingerprint density at radius 3 is 1.54 bits per heavy atom. The lowest BCUT2D eigenvalue weighted by Crippen LogP contribution is -2.68. The van der Waals surface area contributed by atoms with E-state index in [2.05, 4.69) is 128 Å². The third kappa shape index (κ3) is 12.1. The average Bonchev–Trinajstić information content (AvgIpc) is 2.83. The van der Waals surface area contributed by atoms with Gasteiger partial charge < -0.3 is 31.5 Å². The number of rotatable bonds is 12. The van der Waals surface area contributed by atoms with E-state index in [1.165, 1.54) is 12.8 Å². The SMILES string of the molecule is CCCCCC(NC1CC(C)(C)NC(C)(C)C1)N(C(N)=NC(=N)N(CCCC)C1CC(C)(C)NC(C)(C)C1)C1CC(C)(C)NC(C)(C)C1. The summed E-state index contributed by atoms with van der Waals surface area (Å²) in [4.78, 5) is 9.81. The maximum atomic E-state index is 9.55.